The van der Waals surface area contributed by atoms with Crippen molar-refractivity contribution in [2.45, 2.75) is 125 Å². The van der Waals surface area contributed by atoms with Crippen molar-refractivity contribution in [1.82, 2.24) is 15.3 Å². The van der Waals surface area contributed by atoms with E-state index < -0.39 is 5.41 Å². The van der Waals surface area contributed by atoms with Crippen LogP contribution in [0.15, 0.2) is 48.7 Å². The Morgan fingerprint density at radius 2 is 1.51 bits per heavy atom. The molecule has 0 aliphatic heterocycles. The molecule has 6 heteroatoms. The topological polar surface area (TPSA) is 84.1 Å². The van der Waals surface area contributed by atoms with Gasteiger partial charge in [-0.2, -0.15) is 0 Å². The predicted octanol–water partition coefficient (Wildman–Crippen LogP) is 9.70. The van der Waals surface area contributed by atoms with Crippen LogP contribution in [0.4, 0.5) is 0 Å². The highest BCUT2D eigenvalue weighted by Crippen LogP contribution is 2.81. The molecule has 0 saturated heterocycles. The number of carbonyl (C=O) groups excluding carboxylic acids is 2. The summed E-state index contributed by atoms with van der Waals surface area (Å²) in [6.45, 7) is 22.7. The van der Waals surface area contributed by atoms with Crippen LogP contribution in [0.1, 0.15) is 125 Å². The first-order valence-corrected chi connectivity index (χ1v) is 19.4. The summed E-state index contributed by atoms with van der Waals surface area (Å²) in [5.41, 5.74) is 2.20. The Balaban J connectivity index is 1.20. The van der Waals surface area contributed by atoms with Gasteiger partial charge >= 0.3 is 5.97 Å². The fourth-order valence-corrected chi connectivity index (χ4v) is 13.3. The fourth-order valence-electron chi connectivity index (χ4n) is 13.3. The van der Waals surface area contributed by atoms with Gasteiger partial charge in [0.2, 0.25) is 5.91 Å². The number of benzene rings is 1. The number of H-pyrrole nitrogens is 1. The van der Waals surface area contributed by atoms with E-state index in [1.54, 1.807) is 6.92 Å². The van der Waals surface area contributed by atoms with Crippen LogP contribution < -0.4 is 5.32 Å². The van der Waals surface area contributed by atoms with Crippen molar-refractivity contribution in [2.75, 3.05) is 0 Å². The second kappa shape index (κ2) is 12.1. The Bertz CT molecular complexity index is 1590. The molecule has 7 rings (SSSR count). The summed E-state index contributed by atoms with van der Waals surface area (Å²) in [6, 6.07) is 10.0. The predicted molar refractivity (Wildman–Crippen MR) is 195 cm³/mol. The maximum Gasteiger partial charge on any atom is 0.302 e. The minimum absolute atomic E-state index is 0.105. The molecule has 0 bridgehead atoms. The Morgan fingerprint density at radius 1 is 0.878 bits per heavy atom. The number of aromatic amines is 1. The van der Waals surface area contributed by atoms with E-state index in [1.165, 1.54) is 37.7 Å². The average Bonchev–Trinajstić information content (AvgIpc) is 3.60. The Morgan fingerprint density at radius 3 is 2.20 bits per heavy atom. The first kappa shape index (κ1) is 34.6. The lowest BCUT2D eigenvalue weighted by molar-refractivity contribution is -0.163. The summed E-state index contributed by atoms with van der Waals surface area (Å²) in [5.74, 6) is 5.17. The molecule has 1 heterocycles. The lowest BCUT2D eigenvalue weighted by atomic mass is 9.43. The van der Waals surface area contributed by atoms with Gasteiger partial charge in [0.15, 0.2) is 0 Å². The summed E-state index contributed by atoms with van der Waals surface area (Å²) in [6.07, 6.45) is 12.3. The number of amides is 1. The van der Waals surface area contributed by atoms with E-state index in [9.17, 15) is 4.79 Å². The van der Waals surface area contributed by atoms with E-state index in [4.69, 9.17) is 16.3 Å². The van der Waals surface area contributed by atoms with Gasteiger partial charge < -0.3 is 15.0 Å². The van der Waals surface area contributed by atoms with E-state index in [0.717, 1.165) is 60.5 Å². The van der Waals surface area contributed by atoms with Gasteiger partial charge in [0.1, 0.15) is 11.9 Å². The summed E-state index contributed by atoms with van der Waals surface area (Å²) >= 11 is 0. The third-order valence-corrected chi connectivity index (χ3v) is 16.4. The molecule has 5 saturated carbocycles. The molecular formula is C43H61N3O3. The number of hydrogen-bond donors (Lipinski definition) is 2. The molecular weight excluding hydrogens is 606 g/mol. The molecule has 2 aromatic rings. The van der Waals surface area contributed by atoms with Crippen LogP contribution in [0.5, 0.6) is 0 Å². The zero-order valence-corrected chi connectivity index (χ0v) is 31.4. The molecule has 5 aliphatic carbocycles. The molecule has 1 aromatic heterocycles. The highest BCUT2D eigenvalue weighted by atomic mass is 16.5. The normalized spacial score (nSPS) is 39.3. The second-order valence-electron chi connectivity index (χ2n) is 18.2. The Hall–Kier alpha value is -2.89. The van der Waals surface area contributed by atoms with E-state index >= 15 is 4.79 Å². The number of hydrogen-bond acceptors (Lipinski definition) is 4. The number of nitrogens with one attached hydrogen (secondary N) is 2. The van der Waals surface area contributed by atoms with Crippen molar-refractivity contribution < 1.29 is 14.3 Å². The van der Waals surface area contributed by atoms with Gasteiger partial charge in [-0.1, -0.05) is 77.1 Å². The number of allylic oxidation sites excluding steroid dienone is 1. The quantitative estimate of drug-likeness (QED) is 0.237. The van der Waals surface area contributed by atoms with Crippen molar-refractivity contribution in [3.05, 3.63) is 54.5 Å². The molecule has 1 aromatic carbocycles. The van der Waals surface area contributed by atoms with Gasteiger partial charge in [0.25, 0.3) is 0 Å². The van der Waals surface area contributed by atoms with Gasteiger partial charge in [-0.15, -0.1) is 0 Å². The molecule has 266 valence electrons. The van der Waals surface area contributed by atoms with E-state index in [2.05, 4.69) is 70.9 Å². The summed E-state index contributed by atoms with van der Waals surface area (Å²) in [7, 11) is 0. The maximum absolute atomic E-state index is 15.3. The zero-order valence-electron chi connectivity index (χ0n) is 31.4. The summed E-state index contributed by atoms with van der Waals surface area (Å²) in [4.78, 5) is 35.3. The van der Waals surface area contributed by atoms with Crippen molar-refractivity contribution in [1.29, 1.82) is 0 Å². The maximum atomic E-state index is 15.3. The van der Waals surface area contributed by atoms with Gasteiger partial charge in [-0.3, -0.25) is 9.59 Å². The van der Waals surface area contributed by atoms with Crippen molar-refractivity contribution in [2.24, 2.45) is 63.1 Å². The highest BCUT2D eigenvalue weighted by Gasteiger charge is 2.78. The third kappa shape index (κ3) is 4.95. The van der Waals surface area contributed by atoms with E-state index in [0.29, 0.717) is 17.8 Å². The van der Waals surface area contributed by atoms with Gasteiger partial charge in [0.05, 0.1) is 23.3 Å². The zero-order chi connectivity index (χ0) is 35.1. The minimum Gasteiger partial charge on any atom is -0.463 e. The van der Waals surface area contributed by atoms with Crippen LogP contribution in [0, 0.1) is 63.1 Å². The SMILES string of the molecule is C=C(C)C1(C)C2C3CCC4C5CCC(OC(C)=O)CC5CCC4C3CCC2(C(=O)N[C@@H](C)c2ncc(-c3ccccc3)[nH]2)C(C)(C)C1(C)C. The molecule has 6 nitrogen and oxygen atoms in total. The molecule has 10 unspecified atom stereocenters. The van der Waals surface area contributed by atoms with E-state index in [1.807, 2.05) is 24.4 Å². The monoisotopic (exact) mass is 667 g/mol. The standard InChI is InChI=1S/C43H61N3O3/c1-25(2)42(9)37-35-20-19-32-31-18-16-30(49-27(4)47)23-29(31)15-17-33(32)34(35)21-22-43(37,41(7,8)40(42,5)6)39(48)45-26(3)38-44-24-36(46-38)28-13-11-10-12-14-28/h10-14,24,26,29-35,37H,1,15-23H2,2-9H3,(H,44,46)(H,45,48)/t26-,29?,30?,31?,32?,33?,34?,35?,37?,42?,43?/m0/s1. The van der Waals surface area contributed by atoms with Crippen LogP contribution in [0.2, 0.25) is 0 Å². The number of ether oxygens (including phenoxy) is 1. The minimum atomic E-state index is -0.513. The van der Waals surface area contributed by atoms with Crippen molar-refractivity contribution in [3.8, 4) is 11.3 Å². The van der Waals surface area contributed by atoms with E-state index in [-0.39, 0.29) is 46.2 Å². The largest absolute Gasteiger partial charge is 0.463 e. The smallest absolute Gasteiger partial charge is 0.302 e. The van der Waals surface area contributed by atoms with Gasteiger partial charge in [-0.05, 0) is 135 Å². The summed E-state index contributed by atoms with van der Waals surface area (Å²) in [5, 5.41) is 3.57. The number of aromatic nitrogens is 2. The molecule has 11 atom stereocenters. The van der Waals surface area contributed by atoms with Gasteiger partial charge in [-0.25, -0.2) is 4.98 Å². The number of esters is 1. The van der Waals surface area contributed by atoms with Crippen LogP contribution >= 0.6 is 0 Å². The number of nitrogens with zero attached hydrogens (tertiary/aromatic N) is 1. The van der Waals surface area contributed by atoms with Crippen LogP contribution in [0.25, 0.3) is 11.3 Å². The molecule has 5 aliphatic rings. The van der Waals surface area contributed by atoms with Crippen LogP contribution in [-0.4, -0.2) is 27.9 Å². The average molecular weight is 668 g/mol. The molecule has 1 amide bonds. The number of imidazole rings is 1. The highest BCUT2D eigenvalue weighted by molar-refractivity contribution is 5.86. The molecule has 49 heavy (non-hydrogen) atoms. The molecule has 5 fully saturated rings. The van der Waals surface area contributed by atoms with Crippen LogP contribution in [-0.2, 0) is 14.3 Å². The Labute approximate surface area is 295 Å². The number of carbonyl (C=O) groups is 2. The van der Waals surface area contributed by atoms with Crippen LogP contribution in [0.3, 0.4) is 0 Å². The van der Waals surface area contributed by atoms with Crippen molar-refractivity contribution >= 4 is 11.9 Å². The lowest BCUT2D eigenvalue weighted by Gasteiger charge is -2.61. The number of fused-ring (bicyclic) bond motifs is 7. The summed E-state index contributed by atoms with van der Waals surface area (Å²) < 4.78 is 5.71. The number of rotatable bonds is 6. The molecule has 2 N–H and O–H groups in total. The molecule has 0 spiro atoms. The molecule has 0 radical (unpaired) electrons. The Kier molecular flexibility index (Phi) is 8.54. The van der Waals surface area contributed by atoms with Crippen molar-refractivity contribution in [3.63, 3.8) is 0 Å². The third-order valence-electron chi connectivity index (χ3n) is 16.4. The first-order chi connectivity index (χ1) is 23.1. The lowest BCUT2D eigenvalue weighted by Crippen LogP contribution is -2.60. The van der Waals surface area contributed by atoms with Gasteiger partial charge in [0, 0.05) is 6.92 Å². The fraction of sp³-hybridized carbons (Fsp3) is 0.698. The first-order valence-electron chi connectivity index (χ1n) is 19.4. The second-order valence-corrected chi connectivity index (χ2v) is 18.2.